The first-order valence-electron chi connectivity index (χ1n) is 17.1. The van der Waals surface area contributed by atoms with Gasteiger partial charge in [0, 0.05) is 24.1 Å². The van der Waals surface area contributed by atoms with Gasteiger partial charge in [0.1, 0.15) is 5.49 Å². The number of aryl methyl sites for hydroxylation is 3. The number of hydrogen-bond acceptors (Lipinski definition) is 5. The fourth-order valence-corrected chi connectivity index (χ4v) is 6.47. The van der Waals surface area contributed by atoms with Crippen molar-refractivity contribution in [2.24, 2.45) is 0 Å². The van der Waals surface area contributed by atoms with Crippen LogP contribution in [0.4, 0.5) is 5.82 Å². The molecule has 0 radical (unpaired) electrons. The van der Waals surface area contributed by atoms with Gasteiger partial charge >= 0.3 is 0 Å². The molecule has 1 amide bonds. The number of unbranched alkanes of at least 4 members (excludes halogenated alkanes) is 7. The molecule has 0 aliphatic heterocycles. The van der Waals surface area contributed by atoms with Crippen LogP contribution in [-0.4, -0.2) is 25.9 Å². The van der Waals surface area contributed by atoms with E-state index in [2.05, 4.69) is 51.9 Å². The van der Waals surface area contributed by atoms with Crippen LogP contribution >= 0.6 is 0 Å². The summed E-state index contributed by atoms with van der Waals surface area (Å²) in [5, 5.41) is 25.2. The van der Waals surface area contributed by atoms with Gasteiger partial charge in [-0.15, -0.1) is 10.2 Å². The van der Waals surface area contributed by atoms with Crippen LogP contribution in [0.25, 0.3) is 22.5 Å². The third-order valence-electron chi connectivity index (χ3n) is 9.00. The van der Waals surface area contributed by atoms with Gasteiger partial charge in [-0.25, -0.2) is 4.68 Å². The molecule has 2 heterocycles. The van der Waals surface area contributed by atoms with Crippen LogP contribution in [0.3, 0.4) is 0 Å². The average molecular weight is 625 g/mol. The summed E-state index contributed by atoms with van der Waals surface area (Å²) < 4.78 is 1.87. The van der Waals surface area contributed by atoms with Crippen LogP contribution < -0.4 is 10.8 Å². The van der Waals surface area contributed by atoms with Crippen LogP contribution in [0.1, 0.15) is 80.0 Å². The predicted octanol–water partition coefficient (Wildman–Crippen LogP) is 8.33. The number of fused-ring (bicyclic) bond motifs is 3. The molecule has 0 unspecified atom stereocenters. The lowest BCUT2D eigenvalue weighted by Gasteiger charge is -2.20. The summed E-state index contributed by atoms with van der Waals surface area (Å²) in [4.78, 5) is 12.7. The summed E-state index contributed by atoms with van der Waals surface area (Å²) in [6.45, 7) is 0.788. The molecule has 47 heavy (non-hydrogen) atoms. The fraction of sp³-hybridized carbons (Fsp3) is 0.325. The molecule has 0 fully saturated rings. The number of aromatic nitrogens is 4. The zero-order chi connectivity index (χ0) is 32.3. The Bertz CT molecular complexity index is 1830. The molecule has 6 rings (SSSR count). The molecule has 240 valence electrons. The Morgan fingerprint density at radius 3 is 2.15 bits per heavy atom. The standard InChI is InChI=1S/C40H44N6O/c41-36-28-33-25-24-31-19-14-15-22-35(31)40(33)45-46(36)26-16-6-4-2-1-3-5-13-23-38(47)42-37-29-34(27-30-17-9-7-10-18-30)39(44-43-37)32-20-11-8-12-21-32/h7-12,14-15,17-22,28-29,41H,1-6,13,16,23-27H2,(H,42,43,47). The number of carbonyl (C=O) groups excluding carboxylic acids is 1. The first kappa shape index (κ1) is 32.0. The highest BCUT2D eigenvalue weighted by molar-refractivity contribution is 5.89. The molecule has 2 aromatic heterocycles. The van der Waals surface area contributed by atoms with E-state index in [1.54, 1.807) is 0 Å². The second kappa shape index (κ2) is 16.1. The summed E-state index contributed by atoms with van der Waals surface area (Å²) in [7, 11) is 0. The second-order valence-corrected chi connectivity index (χ2v) is 12.5. The smallest absolute Gasteiger partial charge is 0.225 e. The van der Waals surface area contributed by atoms with E-state index in [9.17, 15) is 4.79 Å². The van der Waals surface area contributed by atoms with Crippen LogP contribution in [0, 0.1) is 5.41 Å². The fourth-order valence-electron chi connectivity index (χ4n) is 6.47. The van der Waals surface area contributed by atoms with E-state index in [4.69, 9.17) is 10.5 Å². The molecule has 5 aromatic rings. The predicted molar refractivity (Wildman–Crippen MR) is 188 cm³/mol. The van der Waals surface area contributed by atoms with E-state index in [1.807, 2.05) is 65.3 Å². The zero-order valence-electron chi connectivity index (χ0n) is 27.1. The SMILES string of the molecule is N=c1cc2c(nn1CCCCCCCCCCC(=O)Nc1cc(Cc3ccccc3)c(-c3ccccc3)nn1)-c1ccccc1CC2. The van der Waals surface area contributed by atoms with Gasteiger partial charge in [0.2, 0.25) is 5.91 Å². The molecule has 0 spiro atoms. The van der Waals surface area contributed by atoms with Gasteiger partial charge in [-0.3, -0.25) is 10.2 Å². The number of nitrogens with one attached hydrogen (secondary N) is 2. The Balaban J connectivity index is 0.888. The number of benzene rings is 3. The third kappa shape index (κ3) is 8.67. The minimum Gasteiger partial charge on any atom is -0.309 e. The quantitative estimate of drug-likeness (QED) is 0.115. The van der Waals surface area contributed by atoms with Crippen LogP contribution in [-0.2, 0) is 30.6 Å². The lowest BCUT2D eigenvalue weighted by molar-refractivity contribution is -0.116. The normalized spacial score (nSPS) is 11.9. The molecular weight excluding hydrogens is 580 g/mol. The van der Waals surface area contributed by atoms with Crippen LogP contribution in [0.2, 0.25) is 0 Å². The van der Waals surface area contributed by atoms with Crippen molar-refractivity contribution in [2.45, 2.75) is 83.6 Å². The van der Waals surface area contributed by atoms with Gasteiger partial charge in [0.05, 0.1) is 11.4 Å². The maximum absolute atomic E-state index is 12.7. The van der Waals surface area contributed by atoms with E-state index in [0.717, 1.165) is 74.0 Å². The van der Waals surface area contributed by atoms with Crippen molar-refractivity contribution in [3.63, 3.8) is 0 Å². The number of rotatable bonds is 15. The number of hydrogen-bond donors (Lipinski definition) is 2. The lowest BCUT2D eigenvalue weighted by Crippen LogP contribution is -2.25. The molecule has 1 aliphatic carbocycles. The van der Waals surface area contributed by atoms with Crippen molar-refractivity contribution >= 4 is 11.7 Å². The summed E-state index contributed by atoms with van der Waals surface area (Å²) >= 11 is 0. The van der Waals surface area contributed by atoms with Crippen LogP contribution in [0.5, 0.6) is 0 Å². The lowest BCUT2D eigenvalue weighted by atomic mass is 9.89. The second-order valence-electron chi connectivity index (χ2n) is 12.5. The molecule has 3 aromatic carbocycles. The molecule has 2 N–H and O–H groups in total. The third-order valence-corrected chi connectivity index (χ3v) is 9.00. The first-order valence-corrected chi connectivity index (χ1v) is 17.1. The highest BCUT2D eigenvalue weighted by Gasteiger charge is 2.18. The zero-order valence-corrected chi connectivity index (χ0v) is 27.1. The van der Waals surface area contributed by atoms with Gasteiger partial charge in [0.15, 0.2) is 5.82 Å². The number of nitrogens with zero attached hydrogens (tertiary/aromatic N) is 4. The van der Waals surface area contributed by atoms with Crippen molar-refractivity contribution in [1.29, 1.82) is 5.41 Å². The number of carbonyl (C=O) groups is 1. The van der Waals surface area contributed by atoms with Crippen molar-refractivity contribution in [3.8, 4) is 22.5 Å². The minimum absolute atomic E-state index is 0.0111. The molecule has 0 saturated heterocycles. The Morgan fingerprint density at radius 2 is 1.36 bits per heavy atom. The summed E-state index contributed by atoms with van der Waals surface area (Å²) in [5.74, 6) is 0.495. The Morgan fingerprint density at radius 1 is 0.702 bits per heavy atom. The summed E-state index contributed by atoms with van der Waals surface area (Å²) in [6, 6.07) is 32.9. The van der Waals surface area contributed by atoms with Crippen molar-refractivity contribution in [1.82, 2.24) is 20.0 Å². The highest BCUT2D eigenvalue weighted by Crippen LogP contribution is 2.30. The minimum atomic E-state index is -0.0111. The van der Waals surface area contributed by atoms with E-state index in [-0.39, 0.29) is 5.91 Å². The molecule has 1 aliphatic rings. The van der Waals surface area contributed by atoms with E-state index in [1.165, 1.54) is 41.5 Å². The van der Waals surface area contributed by atoms with E-state index in [0.29, 0.717) is 24.1 Å². The topological polar surface area (TPSA) is 96.5 Å². The highest BCUT2D eigenvalue weighted by atomic mass is 16.1. The molecule has 7 nitrogen and oxygen atoms in total. The number of amides is 1. The van der Waals surface area contributed by atoms with Gasteiger partial charge in [-0.2, -0.15) is 5.10 Å². The number of anilines is 1. The first-order chi connectivity index (χ1) is 23.1. The van der Waals surface area contributed by atoms with Gasteiger partial charge in [-0.1, -0.05) is 123 Å². The van der Waals surface area contributed by atoms with Gasteiger partial charge < -0.3 is 5.32 Å². The van der Waals surface area contributed by atoms with Crippen molar-refractivity contribution in [3.05, 3.63) is 125 Å². The Hall–Kier alpha value is -4.91. The molecular formula is C40H44N6O. The Labute approximate surface area is 277 Å². The molecule has 0 bridgehead atoms. The maximum Gasteiger partial charge on any atom is 0.225 e. The van der Waals surface area contributed by atoms with Crippen molar-refractivity contribution < 1.29 is 4.79 Å². The Kier molecular flexibility index (Phi) is 11.0. The van der Waals surface area contributed by atoms with Crippen LogP contribution in [0.15, 0.2) is 97.1 Å². The van der Waals surface area contributed by atoms with E-state index < -0.39 is 0 Å². The maximum atomic E-state index is 12.7. The average Bonchev–Trinajstić information content (AvgIpc) is 3.10. The largest absolute Gasteiger partial charge is 0.309 e. The molecule has 0 atom stereocenters. The summed E-state index contributed by atoms with van der Waals surface area (Å²) in [5.41, 5.74) is 9.42. The summed E-state index contributed by atoms with van der Waals surface area (Å²) in [6.07, 6.45) is 12.0. The molecule has 0 saturated carbocycles. The van der Waals surface area contributed by atoms with Gasteiger partial charge in [0.25, 0.3) is 0 Å². The van der Waals surface area contributed by atoms with E-state index >= 15 is 0 Å². The van der Waals surface area contributed by atoms with Crippen molar-refractivity contribution in [2.75, 3.05) is 5.32 Å². The van der Waals surface area contributed by atoms with Gasteiger partial charge in [-0.05, 0) is 66.5 Å². The molecule has 7 heteroatoms. The monoisotopic (exact) mass is 624 g/mol.